The van der Waals surface area contributed by atoms with Gasteiger partial charge in [-0.15, -0.1) is 0 Å². The summed E-state index contributed by atoms with van der Waals surface area (Å²) in [6.45, 7) is 3.67. The molecule has 3 heterocycles. The number of hydrogen-bond acceptors (Lipinski definition) is 7. The summed E-state index contributed by atoms with van der Waals surface area (Å²) in [7, 11) is 0. The molecular formula is C20H20FN7O2. The lowest BCUT2D eigenvalue weighted by Crippen LogP contribution is -2.16. The Hall–Kier alpha value is -3.69. The van der Waals surface area contributed by atoms with Gasteiger partial charge in [-0.2, -0.15) is 0 Å². The lowest BCUT2D eigenvalue weighted by molar-refractivity contribution is -0.117. The molecule has 30 heavy (non-hydrogen) atoms. The Bertz CT molecular complexity index is 1110. The van der Waals surface area contributed by atoms with Crippen molar-refractivity contribution in [2.24, 2.45) is 5.92 Å². The first-order chi connectivity index (χ1) is 14.5. The summed E-state index contributed by atoms with van der Waals surface area (Å²) in [5.74, 6) is 0.204. The van der Waals surface area contributed by atoms with Gasteiger partial charge >= 0.3 is 0 Å². The molecule has 10 heteroatoms. The molecule has 0 aromatic carbocycles. The van der Waals surface area contributed by atoms with Gasteiger partial charge in [-0.1, -0.05) is 6.92 Å². The van der Waals surface area contributed by atoms with Crippen molar-refractivity contribution < 1.29 is 14.0 Å². The number of halogens is 1. The minimum absolute atomic E-state index is 0.0213. The third-order valence-electron chi connectivity index (χ3n) is 4.80. The minimum atomic E-state index is -1.08. The zero-order valence-corrected chi connectivity index (χ0v) is 16.5. The second kappa shape index (κ2) is 7.97. The maximum Gasteiger partial charge on any atom is 0.231 e. The van der Waals surface area contributed by atoms with Crippen LogP contribution in [0.3, 0.4) is 0 Å². The van der Waals surface area contributed by atoms with E-state index in [0.29, 0.717) is 29.6 Å². The van der Waals surface area contributed by atoms with E-state index in [1.54, 1.807) is 42.2 Å². The van der Waals surface area contributed by atoms with Gasteiger partial charge in [-0.05, 0) is 25.0 Å². The molecule has 4 rings (SSSR count). The predicted molar refractivity (Wildman–Crippen MR) is 108 cm³/mol. The summed E-state index contributed by atoms with van der Waals surface area (Å²) in [5.41, 5.74) is 1.96. The van der Waals surface area contributed by atoms with E-state index >= 15 is 0 Å². The Labute approximate surface area is 171 Å². The first-order valence-corrected chi connectivity index (χ1v) is 9.53. The number of Topliss-reactive ketones (excluding diaryl/α,β-unsaturated/α-hetero) is 1. The lowest BCUT2D eigenvalue weighted by Gasteiger charge is -2.12. The van der Waals surface area contributed by atoms with Crippen molar-refractivity contribution in [2.75, 3.05) is 10.6 Å². The van der Waals surface area contributed by atoms with Crippen LogP contribution >= 0.6 is 0 Å². The van der Waals surface area contributed by atoms with Crippen LogP contribution in [-0.2, 0) is 4.79 Å². The van der Waals surface area contributed by atoms with Gasteiger partial charge in [-0.3, -0.25) is 19.1 Å². The minimum Gasteiger partial charge on any atom is -0.324 e. The number of alkyl halides is 1. The first-order valence-electron chi connectivity index (χ1n) is 9.53. The zero-order chi connectivity index (χ0) is 21.3. The molecular weight excluding hydrogens is 389 g/mol. The molecule has 0 aliphatic heterocycles. The van der Waals surface area contributed by atoms with E-state index in [1.807, 2.05) is 6.92 Å². The first kappa shape index (κ1) is 19.6. The smallest absolute Gasteiger partial charge is 0.231 e. The van der Waals surface area contributed by atoms with Gasteiger partial charge in [0.05, 0.1) is 17.8 Å². The average molecular weight is 409 g/mol. The van der Waals surface area contributed by atoms with Crippen LogP contribution in [0, 0.1) is 12.8 Å². The number of ketones is 1. The third kappa shape index (κ3) is 4.02. The van der Waals surface area contributed by atoms with Crippen LogP contribution in [0.5, 0.6) is 0 Å². The normalized spacial score (nSPS) is 17.4. The second-order valence-corrected chi connectivity index (χ2v) is 7.02. The number of anilines is 3. The van der Waals surface area contributed by atoms with Crippen LogP contribution in [0.4, 0.5) is 21.8 Å². The van der Waals surface area contributed by atoms with Gasteiger partial charge in [-0.25, -0.2) is 19.3 Å². The highest BCUT2D eigenvalue weighted by atomic mass is 19.1. The number of hydrogen-bond donors (Lipinski definition) is 2. The Kier molecular flexibility index (Phi) is 5.21. The fourth-order valence-corrected chi connectivity index (χ4v) is 2.92. The molecule has 0 spiro atoms. The number of pyridine rings is 1. The van der Waals surface area contributed by atoms with E-state index in [1.165, 1.54) is 6.33 Å². The van der Waals surface area contributed by atoms with Crippen molar-refractivity contribution in [1.82, 2.24) is 24.5 Å². The third-order valence-corrected chi connectivity index (χ3v) is 4.80. The number of nitrogens with zero attached hydrogens (tertiary/aromatic N) is 5. The summed E-state index contributed by atoms with van der Waals surface area (Å²) < 4.78 is 14.8. The summed E-state index contributed by atoms with van der Waals surface area (Å²) in [6.07, 6.45) is 5.76. The molecule has 1 aliphatic carbocycles. The number of carbonyl (C=O) groups is 2. The van der Waals surface area contributed by atoms with Crippen molar-refractivity contribution in [1.29, 1.82) is 0 Å². The Morgan fingerprint density at radius 2 is 2.03 bits per heavy atom. The van der Waals surface area contributed by atoms with Crippen molar-refractivity contribution in [3.05, 3.63) is 48.3 Å². The molecule has 0 bridgehead atoms. The number of rotatable bonds is 7. The van der Waals surface area contributed by atoms with Crippen molar-refractivity contribution in [3.8, 4) is 5.82 Å². The van der Waals surface area contributed by atoms with Gasteiger partial charge in [0.15, 0.2) is 5.78 Å². The maximum atomic E-state index is 13.1. The molecule has 154 valence electrons. The Morgan fingerprint density at radius 1 is 1.23 bits per heavy atom. The molecule has 1 amide bonds. The highest BCUT2D eigenvalue weighted by Gasteiger charge is 2.43. The van der Waals surface area contributed by atoms with Crippen LogP contribution in [0.25, 0.3) is 5.82 Å². The molecule has 3 aromatic heterocycles. The molecule has 0 unspecified atom stereocenters. The van der Waals surface area contributed by atoms with Crippen LogP contribution in [0.1, 0.15) is 35.8 Å². The predicted octanol–water partition coefficient (Wildman–Crippen LogP) is 3.00. The van der Waals surface area contributed by atoms with E-state index in [4.69, 9.17) is 0 Å². The van der Waals surface area contributed by atoms with Gasteiger partial charge in [0.1, 0.15) is 29.8 Å². The van der Waals surface area contributed by atoms with Crippen molar-refractivity contribution >= 4 is 29.1 Å². The van der Waals surface area contributed by atoms with E-state index in [0.717, 1.165) is 5.56 Å². The molecule has 0 radical (unpaired) electrons. The fourth-order valence-electron chi connectivity index (χ4n) is 2.92. The number of amides is 1. The van der Waals surface area contributed by atoms with E-state index < -0.39 is 12.1 Å². The number of aryl methyl sites for hydroxylation is 1. The number of aromatic nitrogens is 5. The highest BCUT2D eigenvalue weighted by molar-refractivity contribution is 5.94. The monoisotopic (exact) mass is 409 g/mol. The standard InChI is InChI=1S/C20H20FN7O2/c1-3-16(29)14-6-11(2)15(9-23-14)26-20-22-4-5-28(20)18-8-17(24-10-25-18)27-19(30)12-7-13(12)21/h4-6,8-10,12-13H,3,7H2,1-2H3,(H,22,26)(H,24,25,27,30)/t12-,13+/m0/s1. The quantitative estimate of drug-likeness (QED) is 0.577. The second-order valence-electron chi connectivity index (χ2n) is 7.02. The van der Waals surface area contributed by atoms with Crippen LogP contribution in [0.15, 0.2) is 37.1 Å². The molecule has 2 atom stereocenters. The molecule has 0 saturated heterocycles. The summed E-state index contributed by atoms with van der Waals surface area (Å²) in [6, 6.07) is 3.31. The maximum absolute atomic E-state index is 13.1. The molecule has 9 nitrogen and oxygen atoms in total. The lowest BCUT2D eigenvalue weighted by atomic mass is 10.1. The topological polar surface area (TPSA) is 115 Å². The van der Waals surface area contributed by atoms with Crippen LogP contribution in [-0.4, -0.2) is 42.4 Å². The van der Waals surface area contributed by atoms with Gasteiger partial charge < -0.3 is 10.6 Å². The number of imidazole rings is 1. The average Bonchev–Trinajstić information content (AvgIpc) is 3.30. The van der Waals surface area contributed by atoms with Gasteiger partial charge in [0.2, 0.25) is 11.9 Å². The summed E-state index contributed by atoms with van der Waals surface area (Å²) >= 11 is 0. The Morgan fingerprint density at radius 3 is 2.73 bits per heavy atom. The zero-order valence-electron chi connectivity index (χ0n) is 16.5. The molecule has 1 fully saturated rings. The van der Waals surface area contributed by atoms with Gasteiger partial charge in [0, 0.05) is 24.9 Å². The van der Waals surface area contributed by atoms with E-state index in [-0.39, 0.29) is 23.9 Å². The van der Waals surface area contributed by atoms with Crippen LogP contribution in [0.2, 0.25) is 0 Å². The Balaban J connectivity index is 1.54. The largest absolute Gasteiger partial charge is 0.324 e. The summed E-state index contributed by atoms with van der Waals surface area (Å²) in [4.78, 5) is 40.6. The van der Waals surface area contributed by atoms with Crippen molar-refractivity contribution in [2.45, 2.75) is 32.9 Å². The summed E-state index contributed by atoms with van der Waals surface area (Å²) in [5, 5.41) is 5.79. The van der Waals surface area contributed by atoms with E-state index in [2.05, 4.69) is 30.6 Å². The van der Waals surface area contributed by atoms with Gasteiger partial charge in [0.25, 0.3) is 0 Å². The van der Waals surface area contributed by atoms with E-state index in [9.17, 15) is 14.0 Å². The number of carbonyl (C=O) groups excluding carboxylic acids is 2. The molecule has 3 aromatic rings. The highest BCUT2D eigenvalue weighted by Crippen LogP contribution is 2.34. The molecule has 2 N–H and O–H groups in total. The molecule has 1 aliphatic rings. The fraction of sp³-hybridized carbons (Fsp3) is 0.300. The SMILES string of the molecule is CCC(=O)c1cc(C)c(Nc2nccn2-c2cc(NC(=O)[C@H]3C[C@H]3F)ncn2)cn1. The van der Waals surface area contributed by atoms with Crippen LogP contribution < -0.4 is 10.6 Å². The van der Waals surface area contributed by atoms with Crippen molar-refractivity contribution in [3.63, 3.8) is 0 Å². The number of nitrogens with one attached hydrogen (secondary N) is 2. The molecule has 1 saturated carbocycles.